The van der Waals surface area contributed by atoms with Gasteiger partial charge in [0.05, 0.1) is 16.5 Å². The molecule has 0 aliphatic heterocycles. The fourth-order valence-corrected chi connectivity index (χ4v) is 3.17. The third-order valence-electron chi connectivity index (χ3n) is 3.56. The molecule has 0 saturated heterocycles. The quantitative estimate of drug-likeness (QED) is 0.523. The average Bonchev–Trinajstić information content (AvgIpc) is 2.81. The van der Waals surface area contributed by atoms with Crippen molar-refractivity contribution in [3.8, 4) is 0 Å². The smallest absolute Gasteiger partial charge is 0.238 e. The third-order valence-corrected chi connectivity index (χ3v) is 5.32. The van der Waals surface area contributed by atoms with Crippen molar-refractivity contribution in [2.75, 3.05) is 7.05 Å². The maximum absolute atomic E-state index is 11.4. The Balaban J connectivity index is 1.98. The van der Waals surface area contributed by atoms with E-state index in [-0.39, 0.29) is 4.90 Å². The number of hydrogen-bond donors (Lipinski definition) is 3. The highest BCUT2D eigenvalue weighted by Crippen LogP contribution is 2.24. The number of guanidine groups is 1. The Morgan fingerprint density at radius 3 is 2.48 bits per heavy atom. The van der Waals surface area contributed by atoms with Crippen LogP contribution in [0.5, 0.6) is 0 Å². The first-order chi connectivity index (χ1) is 11.7. The second kappa shape index (κ2) is 8.09. The minimum atomic E-state index is -3.72. The van der Waals surface area contributed by atoms with Gasteiger partial charge in [-0.2, -0.15) is 0 Å². The molecule has 25 heavy (non-hydrogen) atoms. The van der Waals surface area contributed by atoms with Crippen molar-refractivity contribution in [1.82, 2.24) is 15.2 Å². The summed E-state index contributed by atoms with van der Waals surface area (Å²) >= 11 is 12.0. The molecule has 2 rings (SSSR count). The average molecular weight is 404 g/mol. The molecule has 0 atom stereocenters. The number of benzene rings is 1. The molecular formula is C15H19Cl2N5O2S. The topological polar surface area (TPSA) is 102 Å². The molecule has 2 aromatic rings. The standard InChI is InChI=1S/C15H19Cl2N5O2S/c1-19-15(21-9-11-7-13(16)14(17)22(11)2)20-8-10-4-3-5-12(6-10)25(18,23)24/h3-7H,8-9H2,1-2H3,(H2,18,23,24)(H2,19,20,21). The van der Waals surface area contributed by atoms with Gasteiger partial charge >= 0.3 is 0 Å². The van der Waals surface area contributed by atoms with Crippen molar-refractivity contribution in [1.29, 1.82) is 0 Å². The predicted molar refractivity (Wildman–Crippen MR) is 100 cm³/mol. The highest BCUT2D eigenvalue weighted by molar-refractivity contribution is 7.89. The van der Waals surface area contributed by atoms with Gasteiger partial charge < -0.3 is 15.2 Å². The van der Waals surface area contributed by atoms with Crippen LogP contribution in [0, 0.1) is 0 Å². The fourth-order valence-electron chi connectivity index (χ4n) is 2.17. The normalized spacial score (nSPS) is 12.3. The number of hydrogen-bond acceptors (Lipinski definition) is 3. The van der Waals surface area contributed by atoms with Gasteiger partial charge in [-0.3, -0.25) is 4.99 Å². The zero-order valence-electron chi connectivity index (χ0n) is 13.8. The molecular weight excluding hydrogens is 385 g/mol. The summed E-state index contributed by atoms with van der Waals surface area (Å²) in [6, 6.07) is 8.19. The molecule has 0 fully saturated rings. The lowest BCUT2D eigenvalue weighted by Gasteiger charge is -2.13. The first kappa shape index (κ1) is 19.6. The first-order valence-electron chi connectivity index (χ1n) is 7.28. The number of sulfonamides is 1. The molecule has 0 aliphatic carbocycles. The molecule has 1 heterocycles. The van der Waals surface area contributed by atoms with Gasteiger partial charge in [-0.05, 0) is 23.8 Å². The van der Waals surface area contributed by atoms with Crippen molar-refractivity contribution < 1.29 is 8.42 Å². The molecule has 7 nitrogen and oxygen atoms in total. The first-order valence-corrected chi connectivity index (χ1v) is 9.58. The minimum absolute atomic E-state index is 0.0721. The van der Waals surface area contributed by atoms with Crippen LogP contribution in [0.1, 0.15) is 11.3 Å². The predicted octanol–water partition coefficient (Wildman–Crippen LogP) is 1.84. The van der Waals surface area contributed by atoms with Crippen molar-refractivity contribution in [3.05, 3.63) is 51.8 Å². The van der Waals surface area contributed by atoms with Gasteiger partial charge in [-0.1, -0.05) is 35.3 Å². The second-order valence-electron chi connectivity index (χ2n) is 5.31. The molecule has 0 radical (unpaired) electrons. The second-order valence-corrected chi connectivity index (χ2v) is 7.63. The van der Waals surface area contributed by atoms with E-state index in [4.69, 9.17) is 28.3 Å². The van der Waals surface area contributed by atoms with Crippen LogP contribution in [-0.4, -0.2) is 26.0 Å². The van der Waals surface area contributed by atoms with E-state index in [2.05, 4.69) is 15.6 Å². The van der Waals surface area contributed by atoms with E-state index in [0.29, 0.717) is 29.2 Å². The van der Waals surface area contributed by atoms with E-state index in [9.17, 15) is 8.42 Å². The number of primary sulfonamides is 1. The largest absolute Gasteiger partial charge is 0.352 e. The summed E-state index contributed by atoms with van der Waals surface area (Å²) in [5.41, 5.74) is 1.66. The summed E-state index contributed by atoms with van der Waals surface area (Å²) in [7, 11) is -0.264. The number of halogens is 2. The highest BCUT2D eigenvalue weighted by atomic mass is 35.5. The summed E-state index contributed by atoms with van der Waals surface area (Å²) < 4.78 is 24.6. The Bertz CT molecular complexity index is 893. The lowest BCUT2D eigenvalue weighted by molar-refractivity contribution is 0.597. The van der Waals surface area contributed by atoms with E-state index >= 15 is 0 Å². The number of aromatic nitrogens is 1. The van der Waals surface area contributed by atoms with Gasteiger partial charge in [0.25, 0.3) is 0 Å². The molecule has 1 aromatic heterocycles. The third kappa shape index (κ3) is 5.12. The van der Waals surface area contributed by atoms with Crippen molar-refractivity contribution >= 4 is 39.2 Å². The summed E-state index contributed by atoms with van der Waals surface area (Å²) in [5.74, 6) is 0.550. The minimum Gasteiger partial charge on any atom is -0.352 e. The summed E-state index contributed by atoms with van der Waals surface area (Å²) in [6.07, 6.45) is 0. The number of rotatable bonds is 5. The van der Waals surface area contributed by atoms with Crippen molar-refractivity contribution in [2.24, 2.45) is 17.2 Å². The molecule has 0 spiro atoms. The zero-order chi connectivity index (χ0) is 18.6. The molecule has 0 unspecified atom stereocenters. The summed E-state index contributed by atoms with van der Waals surface area (Å²) in [6.45, 7) is 0.859. The molecule has 1 aromatic carbocycles. The van der Waals surface area contributed by atoms with Gasteiger partial charge in [0.1, 0.15) is 5.15 Å². The van der Waals surface area contributed by atoms with E-state index in [1.807, 2.05) is 7.05 Å². The Hall–Kier alpha value is -1.74. The van der Waals surface area contributed by atoms with E-state index < -0.39 is 10.0 Å². The van der Waals surface area contributed by atoms with Gasteiger partial charge in [0, 0.05) is 26.3 Å². The fraction of sp³-hybridized carbons (Fsp3) is 0.267. The summed E-state index contributed by atoms with van der Waals surface area (Å²) in [5, 5.41) is 12.3. The SMILES string of the molecule is CN=C(NCc1cccc(S(N)(=O)=O)c1)NCc1cc(Cl)c(Cl)n1C. The monoisotopic (exact) mass is 403 g/mol. The molecule has 136 valence electrons. The Morgan fingerprint density at radius 1 is 1.24 bits per heavy atom. The van der Waals surface area contributed by atoms with Gasteiger partial charge in [-0.15, -0.1) is 0 Å². The van der Waals surface area contributed by atoms with Crippen LogP contribution in [-0.2, 0) is 30.2 Å². The van der Waals surface area contributed by atoms with Crippen molar-refractivity contribution in [2.45, 2.75) is 18.0 Å². The summed E-state index contributed by atoms with van der Waals surface area (Å²) in [4.78, 5) is 4.20. The molecule has 4 N–H and O–H groups in total. The molecule has 0 saturated carbocycles. The van der Waals surface area contributed by atoms with Crippen LogP contribution in [0.4, 0.5) is 0 Å². The van der Waals surface area contributed by atoms with Gasteiger partial charge in [-0.25, -0.2) is 13.6 Å². The van der Waals surface area contributed by atoms with Crippen molar-refractivity contribution in [3.63, 3.8) is 0 Å². The maximum atomic E-state index is 11.4. The van der Waals surface area contributed by atoms with Crippen LogP contribution < -0.4 is 15.8 Å². The van der Waals surface area contributed by atoms with Gasteiger partial charge in [0.2, 0.25) is 10.0 Å². The number of nitrogens with two attached hydrogens (primary N) is 1. The lowest BCUT2D eigenvalue weighted by atomic mass is 10.2. The van der Waals surface area contributed by atoms with Gasteiger partial charge in [0.15, 0.2) is 5.96 Å². The zero-order valence-corrected chi connectivity index (χ0v) is 16.1. The van der Waals surface area contributed by atoms with Crippen LogP contribution in [0.15, 0.2) is 40.2 Å². The molecule has 0 bridgehead atoms. The van der Waals surface area contributed by atoms with Crippen LogP contribution in [0.25, 0.3) is 0 Å². The number of aliphatic imine (C=N–C) groups is 1. The maximum Gasteiger partial charge on any atom is 0.238 e. The number of nitrogens with one attached hydrogen (secondary N) is 2. The van der Waals surface area contributed by atoms with Crippen LogP contribution in [0.2, 0.25) is 10.2 Å². The Kier molecular flexibility index (Phi) is 6.34. The Morgan fingerprint density at radius 2 is 1.92 bits per heavy atom. The molecule has 10 heteroatoms. The van der Waals surface area contributed by atoms with E-state index in [1.54, 1.807) is 29.8 Å². The lowest BCUT2D eigenvalue weighted by Crippen LogP contribution is -2.36. The molecule has 0 aliphatic rings. The number of nitrogens with zero attached hydrogens (tertiary/aromatic N) is 2. The van der Waals surface area contributed by atoms with Crippen LogP contribution >= 0.6 is 23.2 Å². The highest BCUT2D eigenvalue weighted by Gasteiger charge is 2.10. The van der Waals surface area contributed by atoms with E-state index in [0.717, 1.165) is 11.3 Å². The molecule has 0 amide bonds. The van der Waals surface area contributed by atoms with Crippen LogP contribution in [0.3, 0.4) is 0 Å². The Labute approximate surface area is 156 Å². The van der Waals surface area contributed by atoms with E-state index in [1.165, 1.54) is 12.1 Å².